The van der Waals surface area contributed by atoms with Crippen molar-refractivity contribution in [2.75, 3.05) is 6.67 Å². The van der Waals surface area contributed by atoms with Gasteiger partial charge in [-0.3, -0.25) is 9.59 Å². The summed E-state index contributed by atoms with van der Waals surface area (Å²) in [5, 5.41) is 11.4. The summed E-state index contributed by atoms with van der Waals surface area (Å²) in [6.45, 7) is 3.76. The zero-order chi connectivity index (χ0) is 12.6. The van der Waals surface area contributed by atoms with Gasteiger partial charge in [0.2, 0.25) is 5.91 Å². The van der Waals surface area contributed by atoms with Crippen LogP contribution in [0.15, 0.2) is 0 Å². The molecule has 2 unspecified atom stereocenters. The minimum atomic E-state index is -0.859. The van der Waals surface area contributed by atoms with Gasteiger partial charge in [0, 0.05) is 5.92 Å². The molecule has 0 radical (unpaired) electrons. The van der Waals surface area contributed by atoms with Gasteiger partial charge in [-0.1, -0.05) is 26.7 Å². The minimum Gasteiger partial charge on any atom is -0.481 e. The molecule has 4 N–H and O–H groups in total. The Hall–Kier alpha value is -1.10. The van der Waals surface area contributed by atoms with Gasteiger partial charge in [0.25, 0.3) is 0 Å². The first-order valence-corrected chi connectivity index (χ1v) is 5.73. The van der Waals surface area contributed by atoms with Gasteiger partial charge >= 0.3 is 5.97 Å². The Morgan fingerprint density at radius 2 is 2.06 bits per heavy atom. The van der Waals surface area contributed by atoms with Crippen LogP contribution in [0.4, 0.5) is 0 Å². The summed E-state index contributed by atoms with van der Waals surface area (Å²) in [5.74, 6) is -1.73. The number of amides is 1. The number of nitrogens with two attached hydrogens (primary N) is 1. The number of rotatable bonds is 8. The standard InChI is InChI=1S/C11H22N2O3/c1-3-4-5-9(10(14)13-7-12)6-8(2)11(15)16/h8-9H,3-7,12H2,1-2H3,(H,13,14)(H,15,16). The molecule has 5 nitrogen and oxygen atoms in total. The highest BCUT2D eigenvalue weighted by atomic mass is 16.4. The second-order valence-corrected chi connectivity index (χ2v) is 4.06. The number of hydrogen-bond donors (Lipinski definition) is 3. The van der Waals surface area contributed by atoms with Crippen LogP contribution in [0.1, 0.15) is 39.5 Å². The van der Waals surface area contributed by atoms with Gasteiger partial charge < -0.3 is 16.2 Å². The van der Waals surface area contributed by atoms with E-state index < -0.39 is 11.9 Å². The monoisotopic (exact) mass is 230 g/mol. The number of aliphatic carboxylic acids is 1. The van der Waals surface area contributed by atoms with Crippen molar-refractivity contribution in [3.05, 3.63) is 0 Å². The van der Waals surface area contributed by atoms with Crippen LogP contribution in [0.25, 0.3) is 0 Å². The summed E-state index contributed by atoms with van der Waals surface area (Å²) < 4.78 is 0. The van der Waals surface area contributed by atoms with E-state index in [1.54, 1.807) is 6.92 Å². The van der Waals surface area contributed by atoms with E-state index in [2.05, 4.69) is 5.32 Å². The molecule has 0 saturated carbocycles. The third kappa shape index (κ3) is 5.70. The van der Waals surface area contributed by atoms with Gasteiger partial charge in [-0.05, 0) is 12.8 Å². The fraction of sp³-hybridized carbons (Fsp3) is 0.818. The molecular weight excluding hydrogens is 208 g/mol. The summed E-state index contributed by atoms with van der Waals surface area (Å²) in [6.07, 6.45) is 3.02. The molecule has 0 heterocycles. The number of carboxylic acid groups (broad SMARTS) is 1. The molecule has 16 heavy (non-hydrogen) atoms. The first-order valence-electron chi connectivity index (χ1n) is 5.73. The zero-order valence-electron chi connectivity index (χ0n) is 10.0. The molecule has 0 aromatic carbocycles. The molecule has 0 aromatic rings. The summed E-state index contributed by atoms with van der Waals surface area (Å²) in [4.78, 5) is 22.4. The van der Waals surface area contributed by atoms with Crippen LogP contribution in [0, 0.1) is 11.8 Å². The number of unbranched alkanes of at least 4 members (excludes halogenated alkanes) is 1. The Kier molecular flexibility index (Phi) is 7.54. The molecule has 5 heteroatoms. The second-order valence-electron chi connectivity index (χ2n) is 4.06. The SMILES string of the molecule is CCCCC(CC(C)C(=O)O)C(=O)NCN. The topological polar surface area (TPSA) is 92.4 Å². The number of nitrogens with one attached hydrogen (secondary N) is 1. The van der Waals surface area contributed by atoms with Gasteiger partial charge in [-0.15, -0.1) is 0 Å². The van der Waals surface area contributed by atoms with Gasteiger partial charge in [-0.2, -0.15) is 0 Å². The number of hydrogen-bond acceptors (Lipinski definition) is 3. The average Bonchev–Trinajstić information content (AvgIpc) is 2.23. The van der Waals surface area contributed by atoms with E-state index in [0.29, 0.717) is 6.42 Å². The van der Waals surface area contributed by atoms with Crippen molar-refractivity contribution in [1.29, 1.82) is 0 Å². The molecule has 0 spiro atoms. The minimum absolute atomic E-state index is 0.100. The van der Waals surface area contributed by atoms with Crippen molar-refractivity contribution in [1.82, 2.24) is 5.32 Å². The molecule has 1 amide bonds. The number of carboxylic acids is 1. The number of carbonyl (C=O) groups excluding carboxylic acids is 1. The van der Waals surface area contributed by atoms with Crippen molar-refractivity contribution < 1.29 is 14.7 Å². The van der Waals surface area contributed by atoms with E-state index in [0.717, 1.165) is 19.3 Å². The molecule has 0 bridgehead atoms. The maximum atomic E-state index is 11.6. The summed E-state index contributed by atoms with van der Waals surface area (Å²) in [7, 11) is 0. The van der Waals surface area contributed by atoms with Crippen LogP contribution in [0.5, 0.6) is 0 Å². The lowest BCUT2D eigenvalue weighted by molar-refractivity contribution is -0.142. The van der Waals surface area contributed by atoms with Crippen LogP contribution >= 0.6 is 0 Å². The van der Waals surface area contributed by atoms with E-state index in [-0.39, 0.29) is 18.5 Å². The van der Waals surface area contributed by atoms with Gasteiger partial charge in [0.15, 0.2) is 0 Å². The molecule has 0 saturated heterocycles. The average molecular weight is 230 g/mol. The highest BCUT2D eigenvalue weighted by Crippen LogP contribution is 2.18. The van der Waals surface area contributed by atoms with E-state index in [9.17, 15) is 9.59 Å². The second kappa shape index (κ2) is 8.10. The fourth-order valence-electron chi connectivity index (χ4n) is 1.58. The van der Waals surface area contributed by atoms with Gasteiger partial charge in [0.1, 0.15) is 0 Å². The molecule has 0 fully saturated rings. The first-order chi connectivity index (χ1) is 7.52. The van der Waals surface area contributed by atoms with E-state index in [1.165, 1.54) is 0 Å². The quantitative estimate of drug-likeness (QED) is 0.541. The summed E-state index contributed by atoms with van der Waals surface area (Å²) >= 11 is 0. The molecule has 2 atom stereocenters. The van der Waals surface area contributed by atoms with Crippen LogP contribution < -0.4 is 11.1 Å². The smallest absolute Gasteiger partial charge is 0.306 e. The Balaban J connectivity index is 4.29. The van der Waals surface area contributed by atoms with E-state index in [4.69, 9.17) is 10.8 Å². The van der Waals surface area contributed by atoms with Gasteiger partial charge in [0.05, 0.1) is 12.6 Å². The lowest BCUT2D eigenvalue weighted by Gasteiger charge is -2.17. The summed E-state index contributed by atoms with van der Waals surface area (Å²) in [5.41, 5.74) is 5.24. The molecule has 0 aliphatic carbocycles. The van der Waals surface area contributed by atoms with Crippen molar-refractivity contribution >= 4 is 11.9 Å². The molecule has 94 valence electrons. The van der Waals surface area contributed by atoms with Crippen LogP contribution in [-0.4, -0.2) is 23.7 Å². The molecule has 0 rings (SSSR count). The van der Waals surface area contributed by atoms with Crippen molar-refractivity contribution in [3.63, 3.8) is 0 Å². The fourth-order valence-corrected chi connectivity index (χ4v) is 1.58. The maximum absolute atomic E-state index is 11.6. The highest BCUT2D eigenvalue weighted by Gasteiger charge is 2.23. The van der Waals surface area contributed by atoms with E-state index >= 15 is 0 Å². The maximum Gasteiger partial charge on any atom is 0.306 e. The molecule has 0 aliphatic heterocycles. The Labute approximate surface area is 96.4 Å². The Morgan fingerprint density at radius 3 is 2.50 bits per heavy atom. The third-order valence-corrected chi connectivity index (χ3v) is 2.61. The molecular formula is C11H22N2O3. The highest BCUT2D eigenvalue weighted by molar-refractivity contribution is 5.79. The lowest BCUT2D eigenvalue weighted by atomic mass is 9.91. The Bertz CT molecular complexity index is 231. The van der Waals surface area contributed by atoms with Crippen molar-refractivity contribution in [3.8, 4) is 0 Å². The summed E-state index contributed by atoms with van der Waals surface area (Å²) in [6, 6.07) is 0. The van der Waals surface area contributed by atoms with Crippen LogP contribution in [0.3, 0.4) is 0 Å². The first kappa shape index (κ1) is 14.9. The lowest BCUT2D eigenvalue weighted by Crippen LogP contribution is -2.36. The number of carbonyl (C=O) groups is 2. The van der Waals surface area contributed by atoms with E-state index in [1.807, 2.05) is 6.92 Å². The Morgan fingerprint density at radius 1 is 1.44 bits per heavy atom. The largest absolute Gasteiger partial charge is 0.481 e. The van der Waals surface area contributed by atoms with Crippen molar-refractivity contribution in [2.24, 2.45) is 17.6 Å². The van der Waals surface area contributed by atoms with Crippen LogP contribution in [-0.2, 0) is 9.59 Å². The molecule has 0 aromatic heterocycles. The third-order valence-electron chi connectivity index (χ3n) is 2.61. The van der Waals surface area contributed by atoms with Gasteiger partial charge in [-0.25, -0.2) is 0 Å². The van der Waals surface area contributed by atoms with Crippen molar-refractivity contribution in [2.45, 2.75) is 39.5 Å². The van der Waals surface area contributed by atoms with Crippen LogP contribution in [0.2, 0.25) is 0 Å². The zero-order valence-corrected chi connectivity index (χ0v) is 10.0. The predicted octanol–water partition coefficient (Wildman–Crippen LogP) is 0.936. The predicted molar refractivity (Wildman–Crippen MR) is 61.6 cm³/mol. The molecule has 0 aliphatic rings. The normalized spacial score (nSPS) is 14.2.